The molecule has 0 bridgehead atoms. The molecule has 0 N–H and O–H groups in total. The Balaban J connectivity index is 1.75. The van der Waals surface area contributed by atoms with Gasteiger partial charge < -0.3 is 9.47 Å². The van der Waals surface area contributed by atoms with Gasteiger partial charge in [-0.05, 0) is 49.2 Å². The molecule has 0 aromatic heterocycles. The molecule has 3 aromatic rings. The van der Waals surface area contributed by atoms with E-state index >= 15 is 0 Å². The molecule has 0 aliphatic rings. The number of carbonyl (C=O) groups excluding carboxylic acids is 2. The van der Waals surface area contributed by atoms with Crippen molar-refractivity contribution in [1.29, 1.82) is 0 Å². The van der Waals surface area contributed by atoms with Gasteiger partial charge in [-0.1, -0.05) is 73.9 Å². The lowest BCUT2D eigenvalue weighted by atomic mass is 10.1. The predicted octanol–water partition coefficient (Wildman–Crippen LogP) is 7.27. The summed E-state index contributed by atoms with van der Waals surface area (Å²) in [6, 6.07) is 16.2. The highest BCUT2D eigenvalue weighted by Crippen LogP contribution is 2.23. The Morgan fingerprint density at radius 2 is 1.06 bits per heavy atom. The van der Waals surface area contributed by atoms with Gasteiger partial charge in [0.15, 0.2) is 11.6 Å². The first-order valence-electron chi connectivity index (χ1n) is 10.9. The summed E-state index contributed by atoms with van der Waals surface area (Å²) in [5.74, 6) is -2.46. The van der Waals surface area contributed by atoms with E-state index in [0.717, 1.165) is 0 Å². The summed E-state index contributed by atoms with van der Waals surface area (Å²) in [4.78, 5) is 23.4. The van der Waals surface area contributed by atoms with Gasteiger partial charge in [-0.25, -0.2) is 18.4 Å². The zero-order valence-corrected chi connectivity index (χ0v) is 19.9. The van der Waals surface area contributed by atoms with Gasteiger partial charge in [0.2, 0.25) is 0 Å². The van der Waals surface area contributed by atoms with Crippen LogP contribution in [0.4, 0.5) is 8.78 Å². The fourth-order valence-electron chi connectivity index (χ4n) is 2.96. The minimum absolute atomic E-state index is 0.0580. The van der Waals surface area contributed by atoms with Crippen LogP contribution in [0.3, 0.4) is 0 Å². The van der Waals surface area contributed by atoms with Gasteiger partial charge in [0, 0.05) is 22.3 Å². The summed E-state index contributed by atoms with van der Waals surface area (Å²) in [5.41, 5.74) is 1.92. The zero-order chi connectivity index (χ0) is 26.2. The second-order valence-corrected chi connectivity index (χ2v) is 8.02. The van der Waals surface area contributed by atoms with Gasteiger partial charge in [0.1, 0.15) is 11.5 Å². The van der Waals surface area contributed by atoms with Gasteiger partial charge in [-0.15, -0.1) is 0 Å². The number of esters is 2. The van der Waals surface area contributed by atoms with Crippen molar-refractivity contribution in [2.75, 3.05) is 0 Å². The smallest absolute Gasteiger partial charge is 0.338 e. The van der Waals surface area contributed by atoms with Crippen LogP contribution in [0, 0.1) is 11.6 Å². The SMILES string of the molecule is C=C(C)C(=O)Oc1cccc(C=Cc2ccc(C=Cc3cccc(OC(=O)C(=C)C)c3)c(F)c2F)c1. The lowest BCUT2D eigenvalue weighted by Crippen LogP contribution is -2.08. The minimum Gasteiger partial charge on any atom is -0.423 e. The van der Waals surface area contributed by atoms with Crippen LogP contribution >= 0.6 is 0 Å². The van der Waals surface area contributed by atoms with Crippen molar-refractivity contribution in [2.45, 2.75) is 13.8 Å². The number of rotatable bonds is 8. The first-order chi connectivity index (χ1) is 17.1. The fourth-order valence-corrected chi connectivity index (χ4v) is 2.96. The predicted molar refractivity (Wildman–Crippen MR) is 138 cm³/mol. The van der Waals surface area contributed by atoms with Crippen LogP contribution in [-0.4, -0.2) is 11.9 Å². The average Bonchev–Trinajstić information content (AvgIpc) is 2.84. The standard InChI is InChI=1S/C30H24F2O4/c1-19(2)29(33)35-25-9-5-7-21(17-25)11-13-23-15-16-24(28(32)27(23)31)14-12-22-8-6-10-26(18-22)36-30(34)20(3)4/h5-18H,1,3H2,2,4H3. The van der Waals surface area contributed by atoms with E-state index < -0.39 is 23.6 Å². The Morgan fingerprint density at radius 3 is 1.42 bits per heavy atom. The molecule has 6 heteroatoms. The van der Waals surface area contributed by atoms with E-state index in [1.54, 1.807) is 74.5 Å². The maximum Gasteiger partial charge on any atom is 0.338 e. The van der Waals surface area contributed by atoms with Crippen LogP contribution in [0.15, 0.2) is 85.0 Å². The fraction of sp³-hybridized carbons (Fsp3) is 0.0667. The molecule has 0 heterocycles. The van der Waals surface area contributed by atoms with Crippen molar-refractivity contribution >= 4 is 36.2 Å². The molecular weight excluding hydrogens is 462 g/mol. The zero-order valence-electron chi connectivity index (χ0n) is 19.9. The number of benzene rings is 3. The van der Waals surface area contributed by atoms with Gasteiger partial charge in [0.05, 0.1) is 0 Å². The second-order valence-electron chi connectivity index (χ2n) is 8.02. The molecule has 0 saturated heterocycles. The highest BCUT2D eigenvalue weighted by atomic mass is 19.2. The Labute approximate surface area is 208 Å². The Hall–Kier alpha value is -4.58. The van der Waals surface area contributed by atoms with Crippen LogP contribution in [0.5, 0.6) is 11.5 Å². The van der Waals surface area contributed by atoms with E-state index in [1.807, 2.05) is 0 Å². The number of carbonyl (C=O) groups is 2. The van der Waals surface area contributed by atoms with Crippen molar-refractivity contribution in [1.82, 2.24) is 0 Å². The van der Waals surface area contributed by atoms with Crippen molar-refractivity contribution < 1.29 is 27.8 Å². The molecule has 0 radical (unpaired) electrons. The first kappa shape index (κ1) is 26.0. The summed E-state index contributed by atoms with van der Waals surface area (Å²) in [7, 11) is 0. The van der Waals surface area contributed by atoms with Crippen LogP contribution < -0.4 is 9.47 Å². The van der Waals surface area contributed by atoms with Gasteiger partial charge in [-0.2, -0.15) is 0 Å². The van der Waals surface area contributed by atoms with Crippen LogP contribution in [0.2, 0.25) is 0 Å². The van der Waals surface area contributed by atoms with Crippen molar-refractivity contribution in [3.8, 4) is 11.5 Å². The third kappa shape index (κ3) is 6.96. The summed E-state index contributed by atoms with van der Waals surface area (Å²) in [5, 5.41) is 0. The second kappa shape index (κ2) is 11.7. The first-order valence-corrected chi connectivity index (χ1v) is 10.9. The molecule has 0 saturated carbocycles. The van der Waals surface area contributed by atoms with Crippen LogP contribution in [0.25, 0.3) is 24.3 Å². The number of ether oxygens (including phenoxy) is 2. The molecule has 0 amide bonds. The molecule has 0 unspecified atom stereocenters. The number of halogens is 2. The lowest BCUT2D eigenvalue weighted by molar-refractivity contribution is -0.130. The molecular formula is C30H24F2O4. The van der Waals surface area contributed by atoms with Crippen molar-refractivity contribution in [3.05, 3.63) is 119 Å². The molecule has 3 rings (SSSR count). The molecule has 4 nitrogen and oxygen atoms in total. The summed E-state index contributed by atoms with van der Waals surface area (Å²) >= 11 is 0. The quantitative estimate of drug-likeness (QED) is 0.145. The Bertz CT molecular complexity index is 1290. The van der Waals surface area contributed by atoms with E-state index in [0.29, 0.717) is 22.6 Å². The third-order valence-corrected chi connectivity index (χ3v) is 4.89. The van der Waals surface area contributed by atoms with E-state index in [2.05, 4.69) is 13.2 Å². The highest BCUT2D eigenvalue weighted by Gasteiger charge is 2.11. The van der Waals surface area contributed by atoms with Gasteiger partial charge in [0.25, 0.3) is 0 Å². The molecule has 0 aliphatic heterocycles. The lowest BCUT2D eigenvalue weighted by Gasteiger charge is -2.05. The van der Waals surface area contributed by atoms with Crippen molar-refractivity contribution in [2.24, 2.45) is 0 Å². The Morgan fingerprint density at radius 1 is 0.667 bits per heavy atom. The summed E-state index contributed by atoms with van der Waals surface area (Å²) in [6.07, 6.45) is 6.04. The minimum atomic E-state index is -0.998. The van der Waals surface area contributed by atoms with Gasteiger partial charge >= 0.3 is 11.9 Å². The molecule has 0 atom stereocenters. The van der Waals surface area contributed by atoms with E-state index in [9.17, 15) is 18.4 Å². The Kier molecular flexibility index (Phi) is 8.47. The van der Waals surface area contributed by atoms with Crippen LogP contribution in [-0.2, 0) is 9.59 Å². The van der Waals surface area contributed by atoms with Gasteiger partial charge in [-0.3, -0.25) is 0 Å². The number of hydrogen-bond acceptors (Lipinski definition) is 4. The molecule has 182 valence electrons. The topological polar surface area (TPSA) is 52.6 Å². The third-order valence-electron chi connectivity index (χ3n) is 4.89. The van der Waals surface area contributed by atoms with E-state index in [-0.39, 0.29) is 22.3 Å². The molecule has 36 heavy (non-hydrogen) atoms. The van der Waals surface area contributed by atoms with Crippen LogP contribution in [0.1, 0.15) is 36.1 Å². The maximum atomic E-state index is 14.7. The summed E-state index contributed by atoms with van der Waals surface area (Å²) in [6.45, 7) is 10.2. The number of hydrogen-bond donors (Lipinski definition) is 0. The van der Waals surface area contributed by atoms with Crippen molar-refractivity contribution in [3.63, 3.8) is 0 Å². The molecule has 0 aliphatic carbocycles. The average molecular weight is 487 g/mol. The molecule has 0 spiro atoms. The summed E-state index contributed by atoms with van der Waals surface area (Å²) < 4.78 is 39.8. The maximum absolute atomic E-state index is 14.7. The molecule has 3 aromatic carbocycles. The molecule has 0 fully saturated rings. The normalized spacial score (nSPS) is 11.0. The van der Waals surface area contributed by atoms with E-state index in [4.69, 9.17) is 9.47 Å². The monoisotopic (exact) mass is 486 g/mol. The largest absolute Gasteiger partial charge is 0.423 e. The highest BCUT2D eigenvalue weighted by molar-refractivity contribution is 5.89. The van der Waals surface area contributed by atoms with E-state index in [1.165, 1.54) is 24.3 Å².